The van der Waals surface area contributed by atoms with Crippen LogP contribution < -0.4 is 10.1 Å². The lowest BCUT2D eigenvalue weighted by molar-refractivity contribution is 0.0956. The Morgan fingerprint density at radius 1 is 1.14 bits per heavy atom. The summed E-state index contributed by atoms with van der Waals surface area (Å²) in [6.07, 6.45) is 0. The molecule has 22 heavy (non-hydrogen) atoms. The molecule has 0 fully saturated rings. The van der Waals surface area contributed by atoms with Gasteiger partial charge in [0.2, 0.25) is 0 Å². The summed E-state index contributed by atoms with van der Waals surface area (Å²) < 4.78 is 17.8. The molecule has 0 heterocycles. The SMILES string of the molecule is COc1ccc(C(=O)NCCSCc2ccc(F)cc2)cc1. The topological polar surface area (TPSA) is 38.3 Å². The second-order valence-corrected chi connectivity index (χ2v) is 5.77. The van der Waals surface area contributed by atoms with Crippen molar-refractivity contribution in [2.45, 2.75) is 5.75 Å². The van der Waals surface area contributed by atoms with Crippen LogP contribution in [-0.2, 0) is 5.75 Å². The lowest BCUT2D eigenvalue weighted by Crippen LogP contribution is -2.25. The molecule has 0 unspecified atom stereocenters. The zero-order valence-electron chi connectivity index (χ0n) is 12.3. The molecule has 0 spiro atoms. The van der Waals surface area contributed by atoms with Crippen LogP contribution in [0.25, 0.3) is 0 Å². The summed E-state index contributed by atoms with van der Waals surface area (Å²) >= 11 is 1.70. The van der Waals surface area contributed by atoms with Crippen molar-refractivity contribution < 1.29 is 13.9 Å². The van der Waals surface area contributed by atoms with Gasteiger partial charge in [-0.15, -0.1) is 0 Å². The van der Waals surface area contributed by atoms with Crippen molar-refractivity contribution in [1.29, 1.82) is 0 Å². The number of hydrogen-bond donors (Lipinski definition) is 1. The number of halogens is 1. The Kier molecular flexibility index (Phi) is 6.27. The van der Waals surface area contributed by atoms with Gasteiger partial charge < -0.3 is 10.1 Å². The maximum absolute atomic E-state index is 12.8. The molecule has 0 aliphatic rings. The molecule has 0 saturated carbocycles. The second-order valence-electron chi connectivity index (χ2n) is 4.66. The van der Waals surface area contributed by atoms with Gasteiger partial charge in [-0.2, -0.15) is 11.8 Å². The van der Waals surface area contributed by atoms with Gasteiger partial charge in [-0.25, -0.2) is 4.39 Å². The highest BCUT2D eigenvalue weighted by molar-refractivity contribution is 7.98. The molecule has 0 saturated heterocycles. The molecule has 5 heteroatoms. The summed E-state index contributed by atoms with van der Waals surface area (Å²) in [5, 5.41) is 2.87. The van der Waals surface area contributed by atoms with E-state index >= 15 is 0 Å². The first-order valence-corrected chi connectivity index (χ1v) is 8.09. The van der Waals surface area contributed by atoms with E-state index < -0.39 is 0 Å². The highest BCUT2D eigenvalue weighted by Crippen LogP contribution is 2.13. The van der Waals surface area contributed by atoms with Gasteiger partial charge in [0.25, 0.3) is 5.91 Å². The summed E-state index contributed by atoms with van der Waals surface area (Å²) in [7, 11) is 1.59. The van der Waals surface area contributed by atoms with Gasteiger partial charge in [0, 0.05) is 23.6 Å². The van der Waals surface area contributed by atoms with E-state index in [0.29, 0.717) is 12.1 Å². The van der Waals surface area contributed by atoms with E-state index in [2.05, 4.69) is 5.32 Å². The van der Waals surface area contributed by atoms with E-state index in [4.69, 9.17) is 4.74 Å². The fourth-order valence-corrected chi connectivity index (χ4v) is 2.67. The van der Waals surface area contributed by atoms with Crippen molar-refractivity contribution in [2.24, 2.45) is 0 Å². The number of carbonyl (C=O) groups is 1. The molecule has 116 valence electrons. The number of hydrogen-bond acceptors (Lipinski definition) is 3. The summed E-state index contributed by atoms with van der Waals surface area (Å²) in [5.74, 6) is 2.02. The summed E-state index contributed by atoms with van der Waals surface area (Å²) in [5.41, 5.74) is 1.69. The van der Waals surface area contributed by atoms with Gasteiger partial charge in [0.15, 0.2) is 0 Å². The Labute approximate surface area is 133 Å². The van der Waals surface area contributed by atoms with Crippen LogP contribution in [0, 0.1) is 5.82 Å². The van der Waals surface area contributed by atoms with E-state index in [1.54, 1.807) is 55.3 Å². The Morgan fingerprint density at radius 2 is 1.82 bits per heavy atom. The van der Waals surface area contributed by atoms with E-state index in [-0.39, 0.29) is 11.7 Å². The molecule has 1 amide bonds. The molecule has 0 aromatic heterocycles. The zero-order valence-corrected chi connectivity index (χ0v) is 13.2. The Balaban J connectivity index is 1.67. The number of ether oxygens (including phenoxy) is 1. The predicted molar refractivity (Wildman–Crippen MR) is 87.9 cm³/mol. The summed E-state index contributed by atoms with van der Waals surface area (Å²) in [6.45, 7) is 0.594. The molecule has 0 radical (unpaired) electrons. The number of thioether (sulfide) groups is 1. The van der Waals surface area contributed by atoms with Crippen molar-refractivity contribution >= 4 is 17.7 Å². The molecule has 0 bridgehead atoms. The van der Waals surface area contributed by atoms with E-state index in [9.17, 15) is 9.18 Å². The van der Waals surface area contributed by atoms with Crippen LogP contribution in [-0.4, -0.2) is 25.3 Å². The van der Waals surface area contributed by atoms with Crippen LogP contribution in [0.4, 0.5) is 4.39 Å². The number of benzene rings is 2. The second kappa shape index (κ2) is 8.44. The molecule has 2 aromatic rings. The maximum atomic E-state index is 12.8. The summed E-state index contributed by atoms with van der Waals surface area (Å²) in [6, 6.07) is 13.5. The number of carbonyl (C=O) groups excluding carboxylic acids is 1. The highest BCUT2D eigenvalue weighted by atomic mass is 32.2. The summed E-state index contributed by atoms with van der Waals surface area (Å²) in [4.78, 5) is 11.9. The molecule has 0 atom stereocenters. The van der Waals surface area contributed by atoms with Crippen LogP contribution in [0.15, 0.2) is 48.5 Å². The minimum atomic E-state index is -0.222. The Bertz CT molecular complexity index is 599. The molecular weight excluding hydrogens is 301 g/mol. The fourth-order valence-electron chi connectivity index (χ4n) is 1.85. The largest absolute Gasteiger partial charge is 0.497 e. The average molecular weight is 319 g/mol. The first kappa shape index (κ1) is 16.4. The lowest BCUT2D eigenvalue weighted by Gasteiger charge is -2.06. The monoisotopic (exact) mass is 319 g/mol. The number of methoxy groups -OCH3 is 1. The van der Waals surface area contributed by atoms with Gasteiger partial charge in [-0.1, -0.05) is 12.1 Å². The third kappa shape index (κ3) is 5.07. The van der Waals surface area contributed by atoms with Crippen LogP contribution in [0.3, 0.4) is 0 Å². The third-order valence-corrected chi connectivity index (χ3v) is 4.10. The molecule has 0 aliphatic heterocycles. The molecule has 2 rings (SSSR count). The Morgan fingerprint density at radius 3 is 2.45 bits per heavy atom. The molecule has 1 N–H and O–H groups in total. The van der Waals surface area contributed by atoms with Crippen LogP contribution in [0.1, 0.15) is 15.9 Å². The zero-order chi connectivity index (χ0) is 15.8. The third-order valence-electron chi connectivity index (χ3n) is 3.07. The predicted octanol–water partition coefficient (Wildman–Crippen LogP) is 3.50. The minimum absolute atomic E-state index is 0.0926. The van der Waals surface area contributed by atoms with Crippen LogP contribution in [0.5, 0.6) is 5.75 Å². The quantitative estimate of drug-likeness (QED) is 0.794. The van der Waals surface area contributed by atoms with Gasteiger partial charge in [-0.3, -0.25) is 4.79 Å². The Hall–Kier alpha value is -2.01. The van der Waals surface area contributed by atoms with Crippen molar-refractivity contribution in [1.82, 2.24) is 5.32 Å². The van der Waals surface area contributed by atoms with Gasteiger partial charge >= 0.3 is 0 Å². The van der Waals surface area contributed by atoms with Crippen LogP contribution in [0.2, 0.25) is 0 Å². The highest BCUT2D eigenvalue weighted by Gasteiger charge is 2.04. The molecule has 2 aromatic carbocycles. The van der Waals surface area contributed by atoms with Crippen molar-refractivity contribution in [3.05, 3.63) is 65.5 Å². The van der Waals surface area contributed by atoms with Crippen molar-refractivity contribution in [3.8, 4) is 5.75 Å². The number of nitrogens with one attached hydrogen (secondary N) is 1. The van der Waals surface area contributed by atoms with E-state index in [1.165, 1.54) is 12.1 Å². The minimum Gasteiger partial charge on any atom is -0.497 e. The molecular formula is C17H18FNO2S. The van der Waals surface area contributed by atoms with E-state index in [0.717, 1.165) is 22.8 Å². The smallest absolute Gasteiger partial charge is 0.251 e. The van der Waals surface area contributed by atoms with Gasteiger partial charge in [-0.05, 0) is 42.0 Å². The fraction of sp³-hybridized carbons (Fsp3) is 0.235. The van der Waals surface area contributed by atoms with Gasteiger partial charge in [0.05, 0.1) is 7.11 Å². The first-order valence-electron chi connectivity index (χ1n) is 6.93. The van der Waals surface area contributed by atoms with Gasteiger partial charge in [0.1, 0.15) is 11.6 Å². The van der Waals surface area contributed by atoms with E-state index in [1.807, 2.05) is 0 Å². The number of rotatable bonds is 7. The molecule has 3 nitrogen and oxygen atoms in total. The first-order chi connectivity index (χ1) is 10.7. The standard InChI is InChI=1S/C17H18FNO2S/c1-21-16-8-4-14(5-9-16)17(20)19-10-11-22-12-13-2-6-15(18)7-3-13/h2-9H,10-12H2,1H3,(H,19,20). The van der Waals surface area contributed by atoms with Crippen molar-refractivity contribution in [2.75, 3.05) is 19.4 Å². The van der Waals surface area contributed by atoms with Crippen molar-refractivity contribution in [3.63, 3.8) is 0 Å². The lowest BCUT2D eigenvalue weighted by atomic mass is 10.2. The molecule has 0 aliphatic carbocycles. The normalized spacial score (nSPS) is 10.3. The van der Waals surface area contributed by atoms with Crippen LogP contribution >= 0.6 is 11.8 Å². The number of amides is 1. The maximum Gasteiger partial charge on any atom is 0.251 e. The average Bonchev–Trinajstić information content (AvgIpc) is 2.56.